The highest BCUT2D eigenvalue weighted by molar-refractivity contribution is 5.80. The van der Waals surface area contributed by atoms with Gasteiger partial charge >= 0.3 is 0 Å². The van der Waals surface area contributed by atoms with Gasteiger partial charge in [-0.15, -0.1) is 0 Å². The van der Waals surface area contributed by atoms with Gasteiger partial charge in [0.05, 0.1) is 12.1 Å². The molecule has 0 unspecified atom stereocenters. The van der Waals surface area contributed by atoms with Gasteiger partial charge in [-0.1, -0.05) is 24.3 Å². The minimum Gasteiger partial charge on any atom is -0.318 e. The maximum absolute atomic E-state index is 4.59. The van der Waals surface area contributed by atoms with Crippen molar-refractivity contribution in [2.24, 2.45) is 0 Å². The number of hydrogen-bond donors (Lipinski definition) is 0. The van der Waals surface area contributed by atoms with E-state index in [9.17, 15) is 0 Å². The topological polar surface area (TPSA) is 30.7 Å². The van der Waals surface area contributed by atoms with E-state index in [0.29, 0.717) is 0 Å². The molecule has 0 atom stereocenters. The zero-order chi connectivity index (χ0) is 10.5. The fourth-order valence-corrected chi connectivity index (χ4v) is 2.37. The fraction of sp³-hybridized carbons (Fsp3) is 0.0769. The standard InChI is InChI=1S/C13H9N3/c1-2-5-10-9(4-1)8-16-11-6-3-7-14-12(11)15-13(10)16/h1-7H,8H2. The molecule has 0 N–H and O–H groups in total. The van der Waals surface area contributed by atoms with Crippen LogP contribution in [-0.2, 0) is 6.54 Å². The average molecular weight is 207 g/mol. The van der Waals surface area contributed by atoms with Gasteiger partial charge in [0.15, 0.2) is 5.65 Å². The van der Waals surface area contributed by atoms with Crippen LogP contribution in [-0.4, -0.2) is 14.5 Å². The number of fused-ring (bicyclic) bond motifs is 5. The van der Waals surface area contributed by atoms with Gasteiger partial charge in [-0.2, -0.15) is 0 Å². The third-order valence-electron chi connectivity index (χ3n) is 3.11. The highest BCUT2D eigenvalue weighted by atomic mass is 15.1. The Labute approximate surface area is 92.4 Å². The first-order valence-electron chi connectivity index (χ1n) is 5.33. The highest BCUT2D eigenvalue weighted by Crippen LogP contribution is 2.33. The maximum atomic E-state index is 4.59. The van der Waals surface area contributed by atoms with Gasteiger partial charge < -0.3 is 4.57 Å². The third kappa shape index (κ3) is 0.877. The molecule has 3 heteroatoms. The predicted octanol–water partition coefficient (Wildman–Crippen LogP) is 2.46. The minimum absolute atomic E-state index is 0.840. The van der Waals surface area contributed by atoms with Crippen molar-refractivity contribution in [1.82, 2.24) is 14.5 Å². The van der Waals surface area contributed by atoms with Crippen molar-refractivity contribution in [2.45, 2.75) is 6.54 Å². The summed E-state index contributed by atoms with van der Waals surface area (Å²) in [5, 5.41) is 0. The van der Waals surface area contributed by atoms with Gasteiger partial charge in [-0.25, -0.2) is 9.97 Å². The summed E-state index contributed by atoms with van der Waals surface area (Å²) in [6, 6.07) is 12.4. The molecule has 0 radical (unpaired) electrons. The number of aromatic nitrogens is 3. The Morgan fingerprint density at radius 2 is 2.00 bits per heavy atom. The lowest BCUT2D eigenvalue weighted by Crippen LogP contribution is -1.91. The Balaban J connectivity index is 2.12. The molecule has 1 aliphatic heterocycles. The van der Waals surface area contributed by atoms with Crippen LogP contribution >= 0.6 is 0 Å². The van der Waals surface area contributed by atoms with Crippen LogP contribution in [0.15, 0.2) is 42.6 Å². The molecule has 0 saturated carbocycles. The summed E-state index contributed by atoms with van der Waals surface area (Å²) in [6.45, 7) is 0.910. The second-order valence-corrected chi connectivity index (χ2v) is 4.02. The summed E-state index contributed by atoms with van der Waals surface area (Å²) < 4.78 is 2.23. The van der Waals surface area contributed by atoms with E-state index in [1.807, 2.05) is 6.07 Å². The van der Waals surface area contributed by atoms with E-state index in [1.54, 1.807) is 6.20 Å². The molecular weight excluding hydrogens is 198 g/mol. The summed E-state index contributed by atoms with van der Waals surface area (Å²) in [7, 11) is 0. The van der Waals surface area contributed by atoms with Crippen LogP contribution in [0.4, 0.5) is 0 Å². The van der Waals surface area contributed by atoms with Gasteiger partial charge in [0.1, 0.15) is 5.82 Å². The fourth-order valence-electron chi connectivity index (χ4n) is 2.37. The molecule has 76 valence electrons. The first kappa shape index (κ1) is 8.05. The van der Waals surface area contributed by atoms with Gasteiger partial charge in [-0.3, -0.25) is 0 Å². The zero-order valence-electron chi connectivity index (χ0n) is 8.59. The quantitative estimate of drug-likeness (QED) is 0.443. The molecular formula is C13H9N3. The maximum Gasteiger partial charge on any atom is 0.178 e. The van der Waals surface area contributed by atoms with E-state index in [1.165, 1.54) is 11.1 Å². The molecule has 1 aliphatic rings. The normalized spacial score (nSPS) is 12.8. The van der Waals surface area contributed by atoms with Crippen molar-refractivity contribution >= 4 is 11.2 Å². The van der Waals surface area contributed by atoms with E-state index in [0.717, 1.165) is 23.5 Å². The van der Waals surface area contributed by atoms with Crippen LogP contribution < -0.4 is 0 Å². The Bertz CT molecular complexity index is 697. The first-order valence-corrected chi connectivity index (χ1v) is 5.33. The van der Waals surface area contributed by atoms with Gasteiger partial charge in [0, 0.05) is 11.8 Å². The molecule has 1 aromatic carbocycles. The van der Waals surface area contributed by atoms with Crippen molar-refractivity contribution < 1.29 is 0 Å². The molecule has 0 bridgehead atoms. The molecule has 4 rings (SSSR count). The SMILES string of the molecule is c1ccc2c(c1)Cn1c-2nc2ncccc21. The first-order chi connectivity index (χ1) is 7.93. The number of imidazole rings is 1. The largest absolute Gasteiger partial charge is 0.318 e. The second kappa shape index (κ2) is 2.70. The Hall–Kier alpha value is -2.16. The average Bonchev–Trinajstić information content (AvgIpc) is 2.85. The monoisotopic (exact) mass is 207 g/mol. The van der Waals surface area contributed by atoms with Crippen LogP contribution in [0.3, 0.4) is 0 Å². The van der Waals surface area contributed by atoms with Gasteiger partial charge in [0.25, 0.3) is 0 Å². The highest BCUT2D eigenvalue weighted by Gasteiger charge is 2.21. The van der Waals surface area contributed by atoms with Crippen molar-refractivity contribution in [1.29, 1.82) is 0 Å². The number of benzene rings is 1. The lowest BCUT2D eigenvalue weighted by molar-refractivity contribution is 0.878. The smallest absolute Gasteiger partial charge is 0.178 e. The third-order valence-corrected chi connectivity index (χ3v) is 3.11. The van der Waals surface area contributed by atoms with Crippen molar-refractivity contribution in [3.05, 3.63) is 48.2 Å². The van der Waals surface area contributed by atoms with E-state index < -0.39 is 0 Å². The van der Waals surface area contributed by atoms with Crippen molar-refractivity contribution in [2.75, 3.05) is 0 Å². The van der Waals surface area contributed by atoms with Crippen LogP contribution in [0.5, 0.6) is 0 Å². The Morgan fingerprint density at radius 3 is 3.00 bits per heavy atom. The van der Waals surface area contributed by atoms with Crippen LogP contribution in [0.2, 0.25) is 0 Å². The van der Waals surface area contributed by atoms with Crippen molar-refractivity contribution in [3.8, 4) is 11.4 Å². The van der Waals surface area contributed by atoms with Crippen molar-refractivity contribution in [3.63, 3.8) is 0 Å². The summed E-state index contributed by atoms with van der Waals surface area (Å²) in [5.74, 6) is 1.05. The molecule has 0 fully saturated rings. The molecule has 0 amide bonds. The Morgan fingerprint density at radius 1 is 1.06 bits per heavy atom. The van der Waals surface area contributed by atoms with Gasteiger partial charge in [0.2, 0.25) is 0 Å². The summed E-state index contributed by atoms with van der Waals surface area (Å²) >= 11 is 0. The molecule has 3 aromatic rings. The summed E-state index contributed by atoms with van der Waals surface area (Å²) in [6.07, 6.45) is 1.79. The van der Waals surface area contributed by atoms with Crippen LogP contribution in [0.25, 0.3) is 22.6 Å². The molecule has 3 heterocycles. The lowest BCUT2D eigenvalue weighted by atomic mass is 10.1. The van der Waals surface area contributed by atoms with E-state index in [2.05, 4.69) is 44.9 Å². The summed E-state index contributed by atoms with van der Waals surface area (Å²) in [4.78, 5) is 8.87. The molecule has 0 saturated heterocycles. The van der Waals surface area contributed by atoms with E-state index in [-0.39, 0.29) is 0 Å². The second-order valence-electron chi connectivity index (χ2n) is 4.02. The predicted molar refractivity (Wildman–Crippen MR) is 62.1 cm³/mol. The Kier molecular flexibility index (Phi) is 1.36. The number of pyridine rings is 1. The van der Waals surface area contributed by atoms with Crippen LogP contribution in [0, 0.1) is 0 Å². The number of rotatable bonds is 0. The van der Waals surface area contributed by atoms with Crippen LogP contribution in [0.1, 0.15) is 5.56 Å². The lowest BCUT2D eigenvalue weighted by Gasteiger charge is -1.97. The summed E-state index contributed by atoms with van der Waals surface area (Å²) in [5.41, 5.74) is 4.54. The zero-order valence-corrected chi connectivity index (χ0v) is 8.59. The number of nitrogens with zero attached hydrogens (tertiary/aromatic N) is 3. The molecule has 3 nitrogen and oxygen atoms in total. The molecule has 2 aromatic heterocycles. The number of hydrogen-bond acceptors (Lipinski definition) is 2. The molecule has 16 heavy (non-hydrogen) atoms. The van der Waals surface area contributed by atoms with E-state index in [4.69, 9.17) is 0 Å². The molecule has 0 aliphatic carbocycles. The minimum atomic E-state index is 0.840. The van der Waals surface area contributed by atoms with Gasteiger partial charge in [-0.05, 0) is 17.7 Å². The molecule has 0 spiro atoms. The van der Waals surface area contributed by atoms with E-state index >= 15 is 0 Å².